The van der Waals surface area contributed by atoms with E-state index in [4.69, 9.17) is 0 Å². The Morgan fingerprint density at radius 1 is 1.27 bits per heavy atom. The summed E-state index contributed by atoms with van der Waals surface area (Å²) in [5.74, 6) is -0.203. The first kappa shape index (κ1) is 17.3. The maximum atomic E-state index is 12.7. The number of nitrogens with zero attached hydrogens (tertiary/aromatic N) is 3. The number of anilines is 1. The molecule has 7 nitrogen and oxygen atoms in total. The number of amides is 1. The van der Waals surface area contributed by atoms with Crippen molar-refractivity contribution in [3.63, 3.8) is 0 Å². The molecule has 1 aliphatic rings. The molecule has 0 aromatic carbocycles. The molecule has 0 bridgehead atoms. The van der Waals surface area contributed by atoms with Crippen molar-refractivity contribution in [1.82, 2.24) is 14.3 Å². The molecule has 0 spiro atoms. The highest BCUT2D eigenvalue weighted by Gasteiger charge is 2.30. The van der Waals surface area contributed by atoms with Crippen LogP contribution in [0.4, 0.5) is 5.13 Å². The van der Waals surface area contributed by atoms with Gasteiger partial charge in [-0.05, 0) is 23.6 Å². The van der Waals surface area contributed by atoms with E-state index in [-0.39, 0.29) is 17.3 Å². The van der Waals surface area contributed by atoms with Crippen LogP contribution in [-0.4, -0.2) is 35.1 Å². The summed E-state index contributed by atoms with van der Waals surface area (Å²) >= 11 is 2.67. The van der Waals surface area contributed by atoms with E-state index in [0.717, 1.165) is 10.6 Å². The summed E-state index contributed by atoms with van der Waals surface area (Å²) in [6.45, 7) is 0.603. The molecular formula is C16H14N4O3S3. The van der Waals surface area contributed by atoms with E-state index in [1.54, 1.807) is 18.3 Å². The van der Waals surface area contributed by atoms with Gasteiger partial charge in [0.1, 0.15) is 4.90 Å². The number of aromatic nitrogens is 2. The summed E-state index contributed by atoms with van der Waals surface area (Å²) in [4.78, 5) is 22.1. The Hall–Kier alpha value is -2.14. The highest BCUT2D eigenvalue weighted by atomic mass is 32.2. The fraction of sp³-hybridized carbons (Fsp3) is 0.188. The van der Waals surface area contributed by atoms with Crippen LogP contribution in [-0.2, 0) is 23.0 Å². The monoisotopic (exact) mass is 406 g/mol. The molecule has 1 amide bonds. The summed E-state index contributed by atoms with van der Waals surface area (Å²) in [5.41, 5.74) is 0.842. The van der Waals surface area contributed by atoms with Crippen molar-refractivity contribution in [2.75, 3.05) is 11.9 Å². The molecule has 0 radical (unpaired) electrons. The van der Waals surface area contributed by atoms with Gasteiger partial charge in [-0.1, -0.05) is 6.07 Å². The largest absolute Gasteiger partial charge is 0.297 e. The van der Waals surface area contributed by atoms with Crippen molar-refractivity contribution in [1.29, 1.82) is 0 Å². The topological polar surface area (TPSA) is 92.3 Å². The summed E-state index contributed by atoms with van der Waals surface area (Å²) < 4.78 is 26.9. The molecule has 4 rings (SSSR count). The molecule has 0 fully saturated rings. The predicted molar refractivity (Wildman–Crippen MR) is 99.9 cm³/mol. The van der Waals surface area contributed by atoms with Crippen LogP contribution in [0, 0.1) is 0 Å². The van der Waals surface area contributed by atoms with Crippen molar-refractivity contribution >= 4 is 43.7 Å². The minimum absolute atomic E-state index is 0.180. The standard InChI is InChI=1S/C16H14N4O3S3/c21-15(13-4-2-8-24-13)19-16-18-12-5-7-20(10-14(12)25-16)26(22,23)11-3-1-6-17-9-11/h1-4,6,8-9H,5,7,10H2,(H,18,19,21). The third kappa shape index (κ3) is 3.28. The van der Waals surface area contributed by atoms with Gasteiger partial charge in [-0.15, -0.1) is 22.7 Å². The molecule has 0 saturated carbocycles. The van der Waals surface area contributed by atoms with Gasteiger partial charge in [-0.2, -0.15) is 4.31 Å². The smallest absolute Gasteiger partial charge is 0.267 e. The fourth-order valence-corrected chi connectivity index (χ4v) is 5.74. The van der Waals surface area contributed by atoms with Gasteiger partial charge in [-0.25, -0.2) is 13.4 Å². The number of rotatable bonds is 4. The van der Waals surface area contributed by atoms with Crippen LogP contribution in [0.15, 0.2) is 46.9 Å². The lowest BCUT2D eigenvalue weighted by atomic mass is 10.2. The first-order valence-electron chi connectivity index (χ1n) is 7.77. The van der Waals surface area contributed by atoms with E-state index in [9.17, 15) is 13.2 Å². The number of carbonyl (C=O) groups excluding carboxylic acids is 1. The lowest BCUT2D eigenvalue weighted by molar-refractivity contribution is 0.103. The quantitative estimate of drug-likeness (QED) is 0.719. The Labute approximate surface area is 158 Å². The van der Waals surface area contributed by atoms with Gasteiger partial charge in [0, 0.05) is 30.2 Å². The van der Waals surface area contributed by atoms with E-state index in [1.165, 1.54) is 39.2 Å². The zero-order chi connectivity index (χ0) is 18.1. The number of sulfonamides is 1. The average Bonchev–Trinajstić information content (AvgIpc) is 3.31. The van der Waals surface area contributed by atoms with Crippen molar-refractivity contribution in [2.24, 2.45) is 0 Å². The minimum Gasteiger partial charge on any atom is -0.297 e. The lowest BCUT2D eigenvalue weighted by Crippen LogP contribution is -2.35. The summed E-state index contributed by atoms with van der Waals surface area (Å²) in [7, 11) is -3.59. The Morgan fingerprint density at radius 3 is 2.88 bits per heavy atom. The molecule has 4 heterocycles. The molecule has 0 saturated heterocycles. The number of hydrogen-bond donors (Lipinski definition) is 1. The normalized spacial score (nSPS) is 14.8. The van der Waals surface area contributed by atoms with E-state index in [1.807, 2.05) is 11.4 Å². The molecule has 10 heteroatoms. The number of nitrogens with one attached hydrogen (secondary N) is 1. The van der Waals surface area contributed by atoms with Gasteiger partial charge >= 0.3 is 0 Å². The van der Waals surface area contributed by atoms with Crippen molar-refractivity contribution in [3.05, 3.63) is 57.5 Å². The van der Waals surface area contributed by atoms with E-state index < -0.39 is 10.0 Å². The second kappa shape index (κ2) is 6.88. The summed E-state index contributed by atoms with van der Waals surface area (Å²) in [5, 5.41) is 5.12. The SMILES string of the molecule is O=C(Nc1nc2c(s1)CN(S(=O)(=O)c1cccnc1)CC2)c1cccs1. The lowest BCUT2D eigenvalue weighted by Gasteiger charge is -2.25. The third-order valence-corrected chi connectivity index (χ3v) is 7.63. The predicted octanol–water partition coefficient (Wildman–Crippen LogP) is 2.60. The second-order valence-corrected chi connectivity index (χ2v) is 9.57. The van der Waals surface area contributed by atoms with Crippen LogP contribution in [0.5, 0.6) is 0 Å². The second-order valence-electron chi connectivity index (χ2n) is 5.60. The van der Waals surface area contributed by atoms with Crippen LogP contribution < -0.4 is 5.32 Å². The fourth-order valence-electron chi connectivity index (χ4n) is 2.65. The minimum atomic E-state index is -3.59. The van der Waals surface area contributed by atoms with Crippen molar-refractivity contribution in [3.8, 4) is 0 Å². The van der Waals surface area contributed by atoms with Gasteiger partial charge in [0.05, 0.1) is 17.1 Å². The maximum Gasteiger partial charge on any atom is 0.267 e. The Bertz CT molecular complexity index is 1030. The van der Waals surface area contributed by atoms with E-state index in [2.05, 4.69) is 15.3 Å². The van der Waals surface area contributed by atoms with Crippen molar-refractivity contribution in [2.45, 2.75) is 17.9 Å². The number of thiophene rings is 1. The average molecular weight is 407 g/mol. The first-order chi connectivity index (χ1) is 12.5. The Kier molecular flexibility index (Phi) is 4.57. The molecule has 1 N–H and O–H groups in total. The van der Waals surface area contributed by atoms with Gasteiger partial charge in [0.15, 0.2) is 5.13 Å². The van der Waals surface area contributed by atoms with Gasteiger partial charge in [-0.3, -0.25) is 15.1 Å². The molecule has 0 atom stereocenters. The number of pyridine rings is 1. The Balaban J connectivity index is 1.53. The van der Waals surface area contributed by atoms with Crippen LogP contribution in [0.1, 0.15) is 20.2 Å². The number of fused-ring (bicyclic) bond motifs is 1. The van der Waals surface area contributed by atoms with Gasteiger partial charge in [0.2, 0.25) is 10.0 Å². The molecular weight excluding hydrogens is 392 g/mol. The molecule has 3 aromatic rings. The van der Waals surface area contributed by atoms with E-state index >= 15 is 0 Å². The summed E-state index contributed by atoms with van der Waals surface area (Å²) in [6.07, 6.45) is 3.41. The molecule has 0 unspecified atom stereocenters. The third-order valence-electron chi connectivity index (χ3n) is 3.93. The van der Waals surface area contributed by atoms with E-state index in [0.29, 0.717) is 23.0 Å². The van der Waals surface area contributed by atoms with Crippen LogP contribution >= 0.6 is 22.7 Å². The van der Waals surface area contributed by atoms with Gasteiger partial charge < -0.3 is 0 Å². The zero-order valence-corrected chi connectivity index (χ0v) is 15.9. The van der Waals surface area contributed by atoms with Gasteiger partial charge in [0.25, 0.3) is 5.91 Å². The molecule has 0 aliphatic carbocycles. The number of carbonyl (C=O) groups is 1. The molecule has 1 aliphatic heterocycles. The molecule has 134 valence electrons. The van der Waals surface area contributed by atoms with Crippen molar-refractivity contribution < 1.29 is 13.2 Å². The zero-order valence-electron chi connectivity index (χ0n) is 13.5. The molecule has 26 heavy (non-hydrogen) atoms. The maximum absolute atomic E-state index is 12.7. The van der Waals surface area contributed by atoms with Crippen LogP contribution in [0.2, 0.25) is 0 Å². The number of thiazole rings is 1. The highest BCUT2D eigenvalue weighted by molar-refractivity contribution is 7.89. The Morgan fingerprint density at radius 2 is 2.15 bits per heavy atom. The highest BCUT2D eigenvalue weighted by Crippen LogP contribution is 2.31. The first-order valence-corrected chi connectivity index (χ1v) is 10.9. The molecule has 3 aromatic heterocycles. The van der Waals surface area contributed by atoms with Crippen LogP contribution in [0.25, 0.3) is 0 Å². The number of hydrogen-bond acceptors (Lipinski definition) is 7. The van der Waals surface area contributed by atoms with Crippen LogP contribution in [0.3, 0.4) is 0 Å². The summed E-state index contributed by atoms with van der Waals surface area (Å²) in [6, 6.07) is 6.70.